The highest BCUT2D eigenvalue weighted by atomic mass is 28.5. The van der Waals surface area contributed by atoms with Gasteiger partial charge in [-0.25, -0.2) is 0 Å². The lowest BCUT2D eigenvalue weighted by atomic mass is 9.61. The molecule has 1 aliphatic carbocycles. The fourth-order valence-corrected chi connectivity index (χ4v) is 25.0. The van der Waals surface area contributed by atoms with Crippen LogP contribution in [-0.2, 0) is 24.7 Å². The molecule has 1 aliphatic heterocycles. The van der Waals surface area contributed by atoms with Crippen molar-refractivity contribution in [2.75, 3.05) is 0 Å². The van der Waals surface area contributed by atoms with Crippen LogP contribution in [0, 0.1) is 11.3 Å². The van der Waals surface area contributed by atoms with Crippen LogP contribution in [0.4, 0.5) is 0 Å². The Morgan fingerprint density at radius 2 is 1.35 bits per heavy atom. The highest BCUT2D eigenvalue weighted by Crippen LogP contribution is 2.52. The molecule has 1 fully saturated rings. The minimum Gasteiger partial charge on any atom is -0.436 e. The quantitative estimate of drug-likeness (QED) is 0.424. The third-order valence-electron chi connectivity index (χ3n) is 7.42. The summed E-state index contributed by atoms with van der Waals surface area (Å²) < 4.78 is 38.5. The molecule has 0 saturated carbocycles. The molecule has 2 rings (SSSR count). The molecule has 2 unspecified atom stereocenters. The Morgan fingerprint density at radius 3 is 1.79 bits per heavy atom. The van der Waals surface area contributed by atoms with Crippen molar-refractivity contribution in [3.8, 4) is 0 Å². The molecule has 0 aromatic rings. The van der Waals surface area contributed by atoms with Gasteiger partial charge in [-0.3, -0.25) is 0 Å². The predicted octanol–water partition coefficient (Wildman–Crippen LogP) is 2.93. The monoisotopic (exact) mass is 592 g/mol. The molecule has 13 heteroatoms. The molecule has 6 nitrogen and oxygen atoms in total. The highest BCUT2D eigenvalue weighted by molar-refractivity contribution is 6.90. The van der Waals surface area contributed by atoms with Crippen LogP contribution < -0.4 is 0 Å². The Bertz CT molecular complexity index is 822. The fourth-order valence-electron chi connectivity index (χ4n) is 4.79. The van der Waals surface area contributed by atoms with Crippen molar-refractivity contribution in [1.82, 2.24) is 0 Å². The summed E-state index contributed by atoms with van der Waals surface area (Å²) in [5.41, 5.74) is 6.92. The summed E-state index contributed by atoms with van der Waals surface area (Å²) in [4.78, 5) is 1.26. The first-order valence-corrected chi connectivity index (χ1v) is 25.6. The number of hydrogen-bond acceptors (Lipinski definition) is 6. The van der Waals surface area contributed by atoms with E-state index in [1.54, 1.807) is 0 Å². The maximum absolute atomic E-state index is 6.94. The van der Waals surface area contributed by atoms with E-state index in [2.05, 4.69) is 87.7 Å². The van der Waals surface area contributed by atoms with Gasteiger partial charge in [0.25, 0.3) is 30.0 Å². The molecule has 2 atom stereocenters. The summed E-state index contributed by atoms with van der Waals surface area (Å²) >= 11 is 0. The van der Waals surface area contributed by atoms with Crippen molar-refractivity contribution in [3.05, 3.63) is 32.7 Å². The number of hydrogen-bond donors (Lipinski definition) is 0. The molecule has 0 amide bonds. The first kappa shape index (κ1) is 30.7. The van der Waals surface area contributed by atoms with Gasteiger partial charge in [-0.1, -0.05) is 30.6 Å². The first-order chi connectivity index (χ1) is 15.5. The van der Waals surface area contributed by atoms with E-state index in [-0.39, 0.29) is 5.41 Å². The van der Waals surface area contributed by atoms with Crippen LogP contribution in [0.2, 0.25) is 39.3 Å². The van der Waals surface area contributed by atoms with Crippen LogP contribution in [0.15, 0.2) is 32.7 Å². The second-order valence-corrected chi connectivity index (χ2v) is 32.0. The smallest absolute Gasteiger partial charge is 0.333 e. The summed E-state index contributed by atoms with van der Waals surface area (Å²) in [6.45, 7) is 29.7. The van der Waals surface area contributed by atoms with Gasteiger partial charge in [0.1, 0.15) is 0 Å². The minimum absolute atomic E-state index is 0.137. The van der Waals surface area contributed by atoms with Crippen molar-refractivity contribution < 1.29 is 24.7 Å². The zero-order chi connectivity index (χ0) is 26.1. The molecule has 1 saturated heterocycles. The highest BCUT2D eigenvalue weighted by Gasteiger charge is 2.46. The van der Waals surface area contributed by atoms with Crippen molar-refractivity contribution in [1.29, 1.82) is 0 Å². The van der Waals surface area contributed by atoms with Crippen LogP contribution in [0.1, 0.15) is 48.5 Å². The Balaban J connectivity index is 2.79. The van der Waals surface area contributed by atoms with Gasteiger partial charge in [-0.2, -0.15) is 0 Å². The molecule has 2 aliphatic rings. The molecule has 34 heavy (non-hydrogen) atoms. The van der Waals surface area contributed by atoms with Gasteiger partial charge in [-0.15, -0.1) is 0 Å². The van der Waals surface area contributed by atoms with E-state index in [0.717, 1.165) is 0 Å². The van der Waals surface area contributed by atoms with Crippen molar-refractivity contribution in [2.45, 2.75) is 87.7 Å². The van der Waals surface area contributed by atoms with Crippen LogP contribution >= 0.6 is 0 Å². The molecule has 0 bridgehead atoms. The summed E-state index contributed by atoms with van der Waals surface area (Å²) in [6, 6.07) is 0. The SMILES string of the molecule is CC1=C(C)C(C)C(C)(C(C)=C([SiH]2O[SiH2]O[SiH2]O[SiH2]O2)[SiH](O[Si](C)(C)C)O[Si](C)(C)C)C(C)=C1C. The summed E-state index contributed by atoms with van der Waals surface area (Å²) in [5, 5.41) is 0. The second kappa shape index (κ2) is 11.9. The normalized spacial score (nSPS) is 30.9. The van der Waals surface area contributed by atoms with Gasteiger partial charge in [0.2, 0.25) is 0 Å². The zero-order valence-corrected chi connectivity index (χ0v) is 32.4. The Hall–Kier alpha value is 0.498. The van der Waals surface area contributed by atoms with E-state index in [1.165, 1.54) is 32.7 Å². The van der Waals surface area contributed by atoms with Gasteiger partial charge in [0.15, 0.2) is 16.6 Å². The molecule has 0 N–H and O–H groups in total. The maximum Gasteiger partial charge on any atom is 0.333 e. The third-order valence-corrected chi connectivity index (χ3v) is 24.5. The van der Waals surface area contributed by atoms with E-state index in [0.29, 0.717) is 5.92 Å². The maximum atomic E-state index is 6.94. The topological polar surface area (TPSA) is 55.4 Å². The lowest BCUT2D eigenvalue weighted by molar-refractivity contribution is 0.323. The third kappa shape index (κ3) is 7.29. The minimum atomic E-state index is -2.27. The average Bonchev–Trinajstić information content (AvgIpc) is 2.68. The van der Waals surface area contributed by atoms with E-state index in [9.17, 15) is 0 Å². The van der Waals surface area contributed by atoms with Gasteiger partial charge in [0.05, 0.1) is 0 Å². The molecule has 0 aromatic carbocycles. The predicted molar refractivity (Wildman–Crippen MR) is 160 cm³/mol. The van der Waals surface area contributed by atoms with Gasteiger partial charge >= 0.3 is 18.6 Å². The Morgan fingerprint density at radius 1 is 0.882 bits per heavy atom. The largest absolute Gasteiger partial charge is 0.436 e. The van der Waals surface area contributed by atoms with E-state index < -0.39 is 65.2 Å². The average molecular weight is 593 g/mol. The van der Waals surface area contributed by atoms with E-state index in [4.69, 9.17) is 24.7 Å². The van der Waals surface area contributed by atoms with Crippen LogP contribution in [-0.4, -0.2) is 65.2 Å². The van der Waals surface area contributed by atoms with Crippen LogP contribution in [0.5, 0.6) is 0 Å². The van der Waals surface area contributed by atoms with E-state index in [1.807, 2.05) is 0 Å². The van der Waals surface area contributed by atoms with Gasteiger partial charge in [0, 0.05) is 10.2 Å². The van der Waals surface area contributed by atoms with E-state index >= 15 is 0 Å². The molecular formula is C21H48O6Si7. The molecular weight excluding hydrogens is 545 g/mol. The Labute approximate surface area is 221 Å². The molecule has 0 aromatic heterocycles. The lowest BCUT2D eigenvalue weighted by Crippen LogP contribution is -2.51. The lowest BCUT2D eigenvalue weighted by Gasteiger charge is -2.46. The van der Waals surface area contributed by atoms with Crippen molar-refractivity contribution in [3.63, 3.8) is 0 Å². The van der Waals surface area contributed by atoms with Crippen molar-refractivity contribution >= 4 is 65.2 Å². The molecule has 1 heterocycles. The fraction of sp³-hybridized carbons (Fsp3) is 0.714. The van der Waals surface area contributed by atoms with Crippen LogP contribution in [0.25, 0.3) is 0 Å². The van der Waals surface area contributed by atoms with Gasteiger partial charge in [-0.05, 0) is 91.0 Å². The number of allylic oxidation sites excluding steroid dienone is 5. The zero-order valence-electron chi connectivity index (χ0n) is 23.8. The number of rotatable bonds is 7. The summed E-state index contributed by atoms with van der Waals surface area (Å²) in [7, 11) is -11.4. The molecule has 0 radical (unpaired) electrons. The second-order valence-electron chi connectivity index (χ2n) is 11.8. The van der Waals surface area contributed by atoms with Gasteiger partial charge < -0.3 is 24.7 Å². The molecule has 0 spiro atoms. The van der Waals surface area contributed by atoms with Crippen molar-refractivity contribution in [2.24, 2.45) is 11.3 Å². The first-order valence-electron chi connectivity index (χ1n) is 12.3. The molecule has 196 valence electrons. The standard InChI is InChI=1S/C21H48O6Si7/c1-14-15(2)17(4)21(7,18(5)16(14)3)19(6)20(31-24-29-22-28-23-30-25-31)32(26-33(8,9)10)27-34(11,12)13/h17,31-32H,28-30H2,1-13H3. The summed E-state index contributed by atoms with van der Waals surface area (Å²) in [5.74, 6) is 0.372. The van der Waals surface area contributed by atoms with Crippen LogP contribution in [0.3, 0.4) is 0 Å². The summed E-state index contributed by atoms with van der Waals surface area (Å²) in [6.07, 6.45) is 0. The Kier molecular flexibility index (Phi) is 10.8.